The van der Waals surface area contributed by atoms with E-state index in [4.69, 9.17) is 12.2 Å². The third kappa shape index (κ3) is 7.15. The van der Waals surface area contributed by atoms with Gasteiger partial charge in [-0.2, -0.15) is 18.3 Å². The number of nitrogens with one attached hydrogen (secondary N) is 2. The lowest BCUT2D eigenvalue weighted by molar-refractivity contribution is -0.0328. The van der Waals surface area contributed by atoms with Crippen LogP contribution in [0.4, 0.5) is 13.2 Å². The van der Waals surface area contributed by atoms with Crippen LogP contribution in [0.3, 0.4) is 0 Å². The van der Waals surface area contributed by atoms with E-state index in [-0.39, 0.29) is 22.7 Å². The number of hydrogen-bond donors (Lipinski definition) is 2. The van der Waals surface area contributed by atoms with Crippen LogP contribution >= 0.6 is 24.0 Å². The number of rotatable bonds is 5. The van der Waals surface area contributed by atoms with Crippen molar-refractivity contribution in [2.75, 3.05) is 0 Å². The number of thioether (sulfide) groups is 1. The van der Waals surface area contributed by atoms with Crippen LogP contribution in [-0.4, -0.2) is 16.8 Å². The molecular formula is C17H16F3N3S2. The van der Waals surface area contributed by atoms with Crippen molar-refractivity contribution in [1.29, 1.82) is 0 Å². The summed E-state index contributed by atoms with van der Waals surface area (Å²) in [5.41, 5.74) is 0.158. The minimum Gasteiger partial charge on any atom is -0.355 e. The number of halogens is 3. The Morgan fingerprint density at radius 2 is 1.76 bits per heavy atom. The fourth-order valence-electron chi connectivity index (χ4n) is 1.97. The van der Waals surface area contributed by atoms with Crippen molar-refractivity contribution >= 4 is 35.3 Å². The largest absolute Gasteiger partial charge is 0.446 e. The molecule has 0 aliphatic carbocycles. The summed E-state index contributed by atoms with van der Waals surface area (Å²) in [6.07, 6.45) is 1.49. The lowest BCUT2D eigenvalue weighted by atomic mass is 10.1. The lowest BCUT2D eigenvalue weighted by Gasteiger charge is -2.15. The molecule has 25 heavy (non-hydrogen) atoms. The number of thiocarbonyl (C=S) groups is 1. The summed E-state index contributed by atoms with van der Waals surface area (Å²) in [7, 11) is 0. The van der Waals surface area contributed by atoms with Crippen molar-refractivity contribution < 1.29 is 13.2 Å². The average Bonchev–Trinajstić information content (AvgIpc) is 2.56. The Labute approximate surface area is 153 Å². The first-order chi connectivity index (χ1) is 11.8. The van der Waals surface area contributed by atoms with Gasteiger partial charge in [-0.15, -0.1) is 0 Å². The van der Waals surface area contributed by atoms with Crippen LogP contribution in [0.1, 0.15) is 24.1 Å². The van der Waals surface area contributed by atoms with E-state index in [1.165, 1.54) is 18.3 Å². The van der Waals surface area contributed by atoms with Gasteiger partial charge in [0.15, 0.2) is 5.11 Å². The van der Waals surface area contributed by atoms with E-state index in [0.717, 1.165) is 5.56 Å². The monoisotopic (exact) mass is 383 g/mol. The van der Waals surface area contributed by atoms with Gasteiger partial charge in [-0.25, -0.2) is 0 Å². The maximum atomic E-state index is 12.3. The maximum absolute atomic E-state index is 12.3. The quantitative estimate of drug-likeness (QED) is 0.335. The summed E-state index contributed by atoms with van der Waals surface area (Å²) in [4.78, 5) is 0.131. The molecule has 0 unspecified atom stereocenters. The molecule has 0 aromatic heterocycles. The fourth-order valence-corrected chi connectivity index (χ4v) is 2.74. The topological polar surface area (TPSA) is 36.4 Å². The van der Waals surface area contributed by atoms with Gasteiger partial charge in [0.05, 0.1) is 12.3 Å². The van der Waals surface area contributed by atoms with E-state index in [1.807, 2.05) is 37.3 Å². The van der Waals surface area contributed by atoms with Crippen LogP contribution in [0.15, 0.2) is 64.6 Å². The number of nitrogens with zero attached hydrogens (tertiary/aromatic N) is 1. The number of benzene rings is 2. The minimum absolute atomic E-state index is 0.0232. The van der Waals surface area contributed by atoms with Gasteiger partial charge < -0.3 is 5.32 Å². The van der Waals surface area contributed by atoms with Gasteiger partial charge in [0.2, 0.25) is 0 Å². The molecule has 2 aromatic carbocycles. The molecule has 8 heteroatoms. The highest BCUT2D eigenvalue weighted by atomic mass is 32.2. The summed E-state index contributed by atoms with van der Waals surface area (Å²) in [6.45, 7) is 1.98. The Morgan fingerprint density at radius 3 is 2.36 bits per heavy atom. The van der Waals surface area contributed by atoms with E-state index in [1.54, 1.807) is 12.1 Å². The minimum atomic E-state index is -4.29. The Morgan fingerprint density at radius 1 is 1.12 bits per heavy atom. The molecule has 0 heterocycles. The molecule has 2 N–H and O–H groups in total. The molecule has 132 valence electrons. The molecule has 0 bridgehead atoms. The van der Waals surface area contributed by atoms with Crippen molar-refractivity contribution in [2.45, 2.75) is 23.4 Å². The van der Waals surface area contributed by atoms with Crippen molar-refractivity contribution in [3.8, 4) is 0 Å². The highest BCUT2D eigenvalue weighted by Gasteiger charge is 2.28. The Kier molecular flexibility index (Phi) is 6.83. The Balaban J connectivity index is 1.83. The van der Waals surface area contributed by atoms with E-state index < -0.39 is 5.51 Å². The van der Waals surface area contributed by atoms with Crippen LogP contribution < -0.4 is 10.7 Å². The molecule has 0 aliphatic heterocycles. The molecule has 0 spiro atoms. The zero-order valence-electron chi connectivity index (χ0n) is 13.2. The second-order valence-electron chi connectivity index (χ2n) is 5.09. The molecule has 3 nitrogen and oxygen atoms in total. The molecule has 0 amide bonds. The first-order valence-electron chi connectivity index (χ1n) is 7.34. The van der Waals surface area contributed by atoms with Crippen molar-refractivity contribution in [2.24, 2.45) is 5.10 Å². The van der Waals surface area contributed by atoms with Crippen LogP contribution in [0, 0.1) is 0 Å². The third-order valence-corrected chi connectivity index (χ3v) is 4.09. The van der Waals surface area contributed by atoms with Gasteiger partial charge >= 0.3 is 5.51 Å². The van der Waals surface area contributed by atoms with E-state index in [2.05, 4.69) is 15.8 Å². The average molecular weight is 383 g/mol. The zero-order chi connectivity index (χ0) is 18.3. The standard InChI is InChI=1S/C17H16F3N3S2/c1-12(14-5-3-2-4-6-14)22-16(24)23-21-11-13-7-9-15(10-8-13)25-17(18,19)20/h2-12H,1H3,(H2,22,23,24)/b21-11+/t12-/m1/s1. The zero-order valence-corrected chi connectivity index (χ0v) is 14.9. The van der Waals surface area contributed by atoms with Gasteiger partial charge in [0.25, 0.3) is 0 Å². The molecule has 2 aromatic rings. The fraction of sp³-hybridized carbons (Fsp3) is 0.176. The van der Waals surface area contributed by atoms with Crippen LogP contribution in [0.2, 0.25) is 0 Å². The lowest BCUT2D eigenvalue weighted by Crippen LogP contribution is -2.34. The van der Waals surface area contributed by atoms with Crippen LogP contribution in [0.5, 0.6) is 0 Å². The Bertz CT molecular complexity index is 716. The summed E-state index contributed by atoms with van der Waals surface area (Å²) >= 11 is 5.01. The first-order valence-corrected chi connectivity index (χ1v) is 8.56. The van der Waals surface area contributed by atoms with E-state index in [9.17, 15) is 13.2 Å². The molecule has 0 saturated heterocycles. The second-order valence-corrected chi connectivity index (χ2v) is 6.64. The van der Waals surface area contributed by atoms with E-state index >= 15 is 0 Å². The van der Waals surface area contributed by atoms with Gasteiger partial charge in [-0.1, -0.05) is 42.5 Å². The molecule has 2 rings (SSSR count). The van der Waals surface area contributed by atoms with Gasteiger partial charge in [0.1, 0.15) is 0 Å². The normalized spacial score (nSPS) is 12.8. The highest BCUT2D eigenvalue weighted by molar-refractivity contribution is 8.00. The summed E-state index contributed by atoms with van der Waals surface area (Å²) in [6, 6.07) is 15.7. The van der Waals surface area contributed by atoms with Crippen molar-refractivity contribution in [3.63, 3.8) is 0 Å². The molecule has 0 aliphatic rings. The predicted octanol–water partition coefficient (Wildman–Crippen LogP) is 4.86. The second kappa shape index (κ2) is 8.87. The van der Waals surface area contributed by atoms with Crippen molar-refractivity contribution in [3.05, 3.63) is 65.7 Å². The highest BCUT2D eigenvalue weighted by Crippen LogP contribution is 2.36. The number of alkyl halides is 3. The summed E-state index contributed by atoms with van der Waals surface area (Å²) in [5, 5.41) is 7.44. The van der Waals surface area contributed by atoms with E-state index in [0.29, 0.717) is 10.7 Å². The molecule has 0 fully saturated rings. The van der Waals surface area contributed by atoms with Gasteiger partial charge in [-0.05, 0) is 54.2 Å². The maximum Gasteiger partial charge on any atom is 0.446 e. The van der Waals surface area contributed by atoms with Crippen molar-refractivity contribution in [1.82, 2.24) is 10.7 Å². The van der Waals surface area contributed by atoms with Crippen LogP contribution in [-0.2, 0) is 0 Å². The smallest absolute Gasteiger partial charge is 0.355 e. The number of hydrogen-bond acceptors (Lipinski definition) is 3. The molecule has 0 saturated carbocycles. The molecule has 1 atom stereocenters. The van der Waals surface area contributed by atoms with Crippen LogP contribution in [0.25, 0.3) is 0 Å². The Hall–Kier alpha value is -2.06. The van der Waals surface area contributed by atoms with Gasteiger partial charge in [-0.3, -0.25) is 5.43 Å². The van der Waals surface area contributed by atoms with Gasteiger partial charge in [0, 0.05) is 4.90 Å². The SMILES string of the molecule is C[C@@H](NC(=S)N/N=C/c1ccc(SC(F)(F)F)cc1)c1ccccc1. The molecule has 0 radical (unpaired) electrons. The summed E-state index contributed by atoms with van der Waals surface area (Å²) < 4.78 is 36.8. The molecular weight excluding hydrogens is 367 g/mol. The first kappa shape index (κ1) is 19.3. The predicted molar refractivity (Wildman–Crippen MR) is 99.7 cm³/mol. The third-order valence-electron chi connectivity index (χ3n) is 3.14. The number of hydrazone groups is 1. The summed E-state index contributed by atoms with van der Waals surface area (Å²) in [5.74, 6) is 0.